The number of anilines is 2. The van der Waals surface area contributed by atoms with Crippen molar-refractivity contribution in [1.29, 1.82) is 0 Å². The maximum absolute atomic E-state index is 14.0. The maximum atomic E-state index is 14.0. The summed E-state index contributed by atoms with van der Waals surface area (Å²) in [5.74, 6) is -2.81. The standard InChI is InChI=1S/C24H25ClFN5O3S/c1-12-5-7-13(8-6-12)19(22(33)29-24(2,3)4)31(14-9-10-16(26)15(25)11-14)23(34)20-17(27)18(21(28)32)30-35-20/h5-11,19H,27H2,1-4H3,(H2,28,32)(H,29,33). The van der Waals surface area contributed by atoms with Crippen molar-refractivity contribution in [3.63, 3.8) is 0 Å². The fourth-order valence-corrected chi connectivity index (χ4v) is 4.28. The van der Waals surface area contributed by atoms with Gasteiger partial charge >= 0.3 is 0 Å². The minimum Gasteiger partial charge on any atom is -0.395 e. The first-order valence-electron chi connectivity index (χ1n) is 10.5. The molecule has 1 aromatic heterocycles. The lowest BCUT2D eigenvalue weighted by atomic mass is 9.99. The fourth-order valence-electron chi connectivity index (χ4n) is 3.36. The van der Waals surface area contributed by atoms with Crippen molar-refractivity contribution < 1.29 is 18.8 Å². The van der Waals surface area contributed by atoms with Crippen LogP contribution < -0.4 is 21.7 Å². The van der Waals surface area contributed by atoms with Crippen molar-refractivity contribution >= 4 is 52.2 Å². The van der Waals surface area contributed by atoms with Crippen molar-refractivity contribution in [3.8, 4) is 0 Å². The lowest BCUT2D eigenvalue weighted by Gasteiger charge is -2.33. The van der Waals surface area contributed by atoms with Gasteiger partial charge in [0.2, 0.25) is 5.91 Å². The van der Waals surface area contributed by atoms with Crippen LogP contribution in [0.25, 0.3) is 0 Å². The molecule has 0 spiro atoms. The molecule has 3 amide bonds. The van der Waals surface area contributed by atoms with Crippen molar-refractivity contribution in [1.82, 2.24) is 9.69 Å². The summed E-state index contributed by atoms with van der Waals surface area (Å²) in [6.45, 7) is 7.30. The van der Waals surface area contributed by atoms with Crippen LogP contribution >= 0.6 is 23.1 Å². The molecular formula is C24H25ClFN5O3S. The largest absolute Gasteiger partial charge is 0.395 e. The topological polar surface area (TPSA) is 131 Å². The zero-order valence-electron chi connectivity index (χ0n) is 19.6. The minimum atomic E-state index is -1.19. The maximum Gasteiger partial charge on any atom is 0.273 e. The molecule has 0 saturated carbocycles. The quantitative estimate of drug-likeness (QED) is 0.450. The zero-order valence-corrected chi connectivity index (χ0v) is 21.1. The van der Waals surface area contributed by atoms with Gasteiger partial charge in [-0.15, -0.1) is 0 Å². The van der Waals surface area contributed by atoms with Gasteiger partial charge in [0.25, 0.3) is 11.8 Å². The second-order valence-electron chi connectivity index (χ2n) is 8.96. The molecule has 0 aliphatic carbocycles. The highest BCUT2D eigenvalue weighted by Crippen LogP contribution is 2.35. The average molecular weight is 518 g/mol. The highest BCUT2D eigenvalue weighted by atomic mass is 35.5. The number of carbonyl (C=O) groups excluding carboxylic acids is 3. The van der Waals surface area contributed by atoms with E-state index in [4.69, 9.17) is 23.1 Å². The molecule has 5 N–H and O–H groups in total. The molecule has 35 heavy (non-hydrogen) atoms. The predicted molar refractivity (Wildman–Crippen MR) is 135 cm³/mol. The summed E-state index contributed by atoms with van der Waals surface area (Å²) in [5, 5.41) is 2.65. The van der Waals surface area contributed by atoms with Crippen LogP contribution in [0.5, 0.6) is 0 Å². The van der Waals surface area contributed by atoms with Gasteiger partial charge in [-0.05, 0) is 63.0 Å². The van der Waals surface area contributed by atoms with Crippen LogP contribution in [0, 0.1) is 12.7 Å². The first-order chi connectivity index (χ1) is 16.3. The Morgan fingerprint density at radius 1 is 1.14 bits per heavy atom. The van der Waals surface area contributed by atoms with Gasteiger partial charge < -0.3 is 16.8 Å². The molecule has 3 aromatic rings. The molecule has 184 valence electrons. The normalized spacial score (nSPS) is 12.2. The Kier molecular flexibility index (Phi) is 7.47. The van der Waals surface area contributed by atoms with Crippen LogP contribution in [0.2, 0.25) is 5.02 Å². The summed E-state index contributed by atoms with van der Waals surface area (Å²) >= 11 is 6.71. The summed E-state index contributed by atoms with van der Waals surface area (Å²) in [7, 11) is 0. The van der Waals surface area contributed by atoms with E-state index in [1.807, 2.05) is 6.92 Å². The van der Waals surface area contributed by atoms with Crippen LogP contribution in [0.3, 0.4) is 0 Å². The summed E-state index contributed by atoms with van der Waals surface area (Å²) in [4.78, 5) is 40.2. The summed E-state index contributed by atoms with van der Waals surface area (Å²) < 4.78 is 17.9. The van der Waals surface area contributed by atoms with E-state index in [-0.39, 0.29) is 27.0 Å². The smallest absolute Gasteiger partial charge is 0.273 e. The third-order valence-corrected chi connectivity index (χ3v) is 6.09. The molecule has 0 aliphatic heterocycles. The third-order valence-electron chi connectivity index (χ3n) is 4.95. The fraction of sp³-hybridized carbons (Fsp3) is 0.250. The zero-order chi connectivity index (χ0) is 26.1. The molecule has 0 aliphatic rings. The SMILES string of the molecule is Cc1ccc(C(C(=O)NC(C)(C)C)N(C(=O)c2snc(C(N)=O)c2N)c2ccc(F)c(Cl)c2)cc1. The Balaban J connectivity index is 2.26. The Labute approximate surface area is 211 Å². The van der Waals surface area contributed by atoms with Gasteiger partial charge in [0, 0.05) is 11.2 Å². The highest BCUT2D eigenvalue weighted by Gasteiger charge is 2.37. The van der Waals surface area contributed by atoms with Crippen LogP contribution in [-0.4, -0.2) is 27.6 Å². The number of carbonyl (C=O) groups is 3. The van der Waals surface area contributed by atoms with E-state index in [1.165, 1.54) is 12.1 Å². The Hall–Kier alpha value is -3.50. The number of halogens is 2. The number of aromatic nitrogens is 1. The number of aryl methyl sites for hydroxylation is 1. The Morgan fingerprint density at radius 2 is 1.77 bits per heavy atom. The van der Waals surface area contributed by atoms with Gasteiger partial charge in [-0.3, -0.25) is 19.3 Å². The van der Waals surface area contributed by atoms with Crippen molar-refractivity contribution in [3.05, 3.63) is 75.0 Å². The molecule has 0 bridgehead atoms. The lowest BCUT2D eigenvalue weighted by Crippen LogP contribution is -2.49. The van der Waals surface area contributed by atoms with E-state index in [9.17, 15) is 18.8 Å². The Morgan fingerprint density at radius 3 is 2.29 bits per heavy atom. The van der Waals surface area contributed by atoms with E-state index in [0.717, 1.165) is 16.5 Å². The van der Waals surface area contributed by atoms with Crippen LogP contribution in [0.1, 0.15) is 58.1 Å². The number of primary amides is 1. The third kappa shape index (κ3) is 5.77. The van der Waals surface area contributed by atoms with Crippen molar-refractivity contribution in [2.24, 2.45) is 5.73 Å². The van der Waals surface area contributed by atoms with E-state index in [0.29, 0.717) is 17.1 Å². The second kappa shape index (κ2) is 10.0. The van der Waals surface area contributed by atoms with Crippen LogP contribution in [-0.2, 0) is 4.79 Å². The van der Waals surface area contributed by atoms with Gasteiger partial charge in [-0.25, -0.2) is 4.39 Å². The number of hydrogen-bond acceptors (Lipinski definition) is 6. The monoisotopic (exact) mass is 517 g/mol. The van der Waals surface area contributed by atoms with E-state index < -0.39 is 35.1 Å². The Bertz CT molecular complexity index is 1290. The second-order valence-corrected chi connectivity index (χ2v) is 10.1. The van der Waals surface area contributed by atoms with Gasteiger partial charge in [0.15, 0.2) is 5.69 Å². The lowest BCUT2D eigenvalue weighted by molar-refractivity contribution is -0.123. The number of nitrogens with one attached hydrogen (secondary N) is 1. The van der Waals surface area contributed by atoms with E-state index in [1.54, 1.807) is 45.0 Å². The van der Waals surface area contributed by atoms with Crippen LogP contribution in [0.15, 0.2) is 42.5 Å². The number of benzene rings is 2. The first-order valence-corrected chi connectivity index (χ1v) is 11.7. The van der Waals surface area contributed by atoms with Crippen molar-refractivity contribution in [2.75, 3.05) is 10.6 Å². The summed E-state index contributed by atoms with van der Waals surface area (Å²) in [6, 6.07) is 9.53. The number of nitrogens with zero attached hydrogens (tertiary/aromatic N) is 2. The van der Waals surface area contributed by atoms with Crippen molar-refractivity contribution in [2.45, 2.75) is 39.3 Å². The van der Waals surface area contributed by atoms with Gasteiger partial charge in [-0.2, -0.15) is 4.37 Å². The predicted octanol–water partition coefficient (Wildman–Crippen LogP) is 4.23. The molecule has 0 radical (unpaired) electrons. The summed E-state index contributed by atoms with van der Waals surface area (Å²) in [5.41, 5.74) is 11.8. The van der Waals surface area contributed by atoms with Gasteiger partial charge in [0.1, 0.15) is 16.7 Å². The molecule has 8 nitrogen and oxygen atoms in total. The molecule has 1 atom stereocenters. The minimum absolute atomic E-state index is 0.0973. The first kappa shape index (κ1) is 26.1. The van der Waals surface area contributed by atoms with Gasteiger partial charge in [0.05, 0.1) is 10.7 Å². The molecule has 1 unspecified atom stereocenters. The molecule has 11 heteroatoms. The molecule has 3 rings (SSSR count). The number of hydrogen-bond donors (Lipinski definition) is 3. The number of amides is 3. The molecule has 0 fully saturated rings. The van der Waals surface area contributed by atoms with Gasteiger partial charge in [-0.1, -0.05) is 41.4 Å². The average Bonchev–Trinajstić information content (AvgIpc) is 3.15. The highest BCUT2D eigenvalue weighted by molar-refractivity contribution is 7.09. The summed E-state index contributed by atoms with van der Waals surface area (Å²) in [6.07, 6.45) is 0. The number of rotatable bonds is 6. The molecule has 2 aromatic carbocycles. The molecular weight excluding hydrogens is 493 g/mol. The molecule has 0 saturated heterocycles. The molecule has 1 heterocycles. The number of nitrogen functional groups attached to an aromatic ring is 1. The van der Waals surface area contributed by atoms with E-state index in [2.05, 4.69) is 9.69 Å². The van der Waals surface area contributed by atoms with E-state index >= 15 is 0 Å². The number of nitrogens with two attached hydrogens (primary N) is 2. The van der Waals surface area contributed by atoms with Crippen LogP contribution in [0.4, 0.5) is 15.8 Å².